The number of methoxy groups -OCH3 is 1. The molecule has 1 N–H and O–H groups in total. The van der Waals surface area contributed by atoms with Crippen LogP contribution < -0.4 is 4.74 Å². The summed E-state index contributed by atoms with van der Waals surface area (Å²) in [6.45, 7) is 2.00. The predicted octanol–water partition coefficient (Wildman–Crippen LogP) is 2.26. The summed E-state index contributed by atoms with van der Waals surface area (Å²) in [5.41, 5.74) is 1.94. The van der Waals surface area contributed by atoms with Gasteiger partial charge >= 0.3 is 0 Å². The Labute approximate surface area is 80.3 Å². The molecule has 0 atom stereocenters. The number of hydrogen-bond acceptors (Lipinski definition) is 2. The van der Waals surface area contributed by atoms with Gasteiger partial charge < -0.3 is 9.84 Å². The monoisotopic (exact) mass is 230 g/mol. The van der Waals surface area contributed by atoms with E-state index in [1.54, 1.807) is 7.11 Å². The molecule has 0 aliphatic rings. The highest BCUT2D eigenvalue weighted by atomic mass is 79.9. The van der Waals surface area contributed by atoms with Crippen molar-refractivity contribution >= 4 is 15.9 Å². The Bertz CT molecular complexity index is 284. The van der Waals surface area contributed by atoms with E-state index in [1.807, 2.05) is 19.1 Å². The lowest BCUT2D eigenvalue weighted by atomic mass is 10.1. The number of halogens is 1. The molecule has 3 heteroatoms. The molecular weight excluding hydrogens is 220 g/mol. The van der Waals surface area contributed by atoms with E-state index in [1.165, 1.54) is 0 Å². The molecule has 0 amide bonds. The molecule has 1 rings (SSSR count). The first-order valence-electron chi connectivity index (χ1n) is 3.63. The summed E-state index contributed by atoms with van der Waals surface area (Å²) in [5.74, 6) is 0.761. The average Bonchev–Trinajstić information content (AvgIpc) is 2.09. The molecule has 0 heterocycles. The van der Waals surface area contributed by atoms with Crippen LogP contribution >= 0.6 is 15.9 Å². The number of aliphatic hydroxyl groups is 1. The number of hydrogen-bond donors (Lipinski definition) is 1. The Balaban J connectivity index is 3.19. The summed E-state index contributed by atoms with van der Waals surface area (Å²) in [7, 11) is 1.61. The molecule has 1 aromatic rings. The molecular formula is C9H11BrO2. The zero-order chi connectivity index (χ0) is 9.14. The van der Waals surface area contributed by atoms with Crippen molar-refractivity contribution in [3.63, 3.8) is 0 Å². The van der Waals surface area contributed by atoms with Crippen molar-refractivity contribution in [2.24, 2.45) is 0 Å². The maximum Gasteiger partial charge on any atom is 0.120 e. The third-order valence-corrected chi connectivity index (χ3v) is 2.66. The van der Waals surface area contributed by atoms with Crippen LogP contribution in [-0.2, 0) is 6.61 Å². The van der Waals surface area contributed by atoms with Crippen LogP contribution in [-0.4, -0.2) is 12.2 Å². The lowest BCUT2D eigenvalue weighted by molar-refractivity contribution is 0.280. The highest BCUT2D eigenvalue weighted by Crippen LogP contribution is 2.26. The first-order valence-corrected chi connectivity index (χ1v) is 4.42. The fourth-order valence-electron chi connectivity index (χ4n) is 0.990. The van der Waals surface area contributed by atoms with Crippen molar-refractivity contribution < 1.29 is 9.84 Å². The number of benzene rings is 1. The highest BCUT2D eigenvalue weighted by molar-refractivity contribution is 9.10. The van der Waals surface area contributed by atoms with Crippen LogP contribution in [0.25, 0.3) is 0 Å². The van der Waals surface area contributed by atoms with E-state index in [0.29, 0.717) is 0 Å². The molecule has 0 unspecified atom stereocenters. The van der Waals surface area contributed by atoms with Crippen LogP contribution in [0.3, 0.4) is 0 Å². The number of ether oxygens (including phenoxy) is 1. The molecule has 0 saturated heterocycles. The van der Waals surface area contributed by atoms with E-state index in [-0.39, 0.29) is 6.61 Å². The SMILES string of the molecule is COc1cc(Br)c(C)c(CO)c1. The minimum Gasteiger partial charge on any atom is -0.497 e. The van der Waals surface area contributed by atoms with Crippen LogP contribution in [0.1, 0.15) is 11.1 Å². The Morgan fingerprint density at radius 3 is 2.67 bits per heavy atom. The second-order valence-corrected chi connectivity index (χ2v) is 3.41. The quantitative estimate of drug-likeness (QED) is 0.845. The maximum atomic E-state index is 8.99. The van der Waals surface area contributed by atoms with Crippen molar-refractivity contribution in [1.29, 1.82) is 0 Å². The fourth-order valence-corrected chi connectivity index (χ4v) is 1.47. The molecule has 0 spiro atoms. The zero-order valence-electron chi connectivity index (χ0n) is 7.10. The zero-order valence-corrected chi connectivity index (χ0v) is 8.68. The van der Waals surface area contributed by atoms with E-state index in [0.717, 1.165) is 21.3 Å². The van der Waals surface area contributed by atoms with Gasteiger partial charge in [-0.15, -0.1) is 0 Å². The predicted molar refractivity (Wildman–Crippen MR) is 51.4 cm³/mol. The van der Waals surface area contributed by atoms with E-state index >= 15 is 0 Å². The molecule has 0 aliphatic heterocycles. The van der Waals surface area contributed by atoms with Gasteiger partial charge in [0.15, 0.2) is 0 Å². The minimum absolute atomic E-state index is 0.0433. The molecule has 0 saturated carbocycles. The van der Waals surface area contributed by atoms with Gasteiger partial charge in [-0.3, -0.25) is 0 Å². The summed E-state index contributed by atoms with van der Waals surface area (Å²) in [6.07, 6.45) is 0. The Morgan fingerprint density at radius 1 is 1.50 bits per heavy atom. The summed E-state index contributed by atoms with van der Waals surface area (Å²) >= 11 is 3.39. The van der Waals surface area contributed by atoms with Gasteiger partial charge in [-0.1, -0.05) is 15.9 Å². The number of aliphatic hydroxyl groups excluding tert-OH is 1. The maximum absolute atomic E-state index is 8.99. The van der Waals surface area contributed by atoms with Crippen molar-refractivity contribution in [3.05, 3.63) is 27.7 Å². The lowest BCUT2D eigenvalue weighted by Crippen LogP contribution is -1.92. The highest BCUT2D eigenvalue weighted by Gasteiger charge is 2.04. The molecule has 1 aromatic carbocycles. The standard InChI is InChI=1S/C9H11BrO2/c1-6-7(5-11)3-8(12-2)4-9(6)10/h3-4,11H,5H2,1-2H3. The number of rotatable bonds is 2. The minimum atomic E-state index is 0.0433. The van der Waals surface area contributed by atoms with Gasteiger partial charge in [0.1, 0.15) is 5.75 Å². The molecule has 0 aromatic heterocycles. The second kappa shape index (κ2) is 3.92. The van der Waals surface area contributed by atoms with Crippen molar-refractivity contribution in [2.45, 2.75) is 13.5 Å². The topological polar surface area (TPSA) is 29.5 Å². The van der Waals surface area contributed by atoms with Crippen molar-refractivity contribution in [2.75, 3.05) is 7.11 Å². The molecule has 0 aliphatic carbocycles. The van der Waals surface area contributed by atoms with Crippen LogP contribution in [0.15, 0.2) is 16.6 Å². The normalized spacial score (nSPS) is 10.0. The lowest BCUT2D eigenvalue weighted by Gasteiger charge is -2.07. The van der Waals surface area contributed by atoms with E-state index in [9.17, 15) is 0 Å². The van der Waals surface area contributed by atoms with Gasteiger partial charge in [-0.2, -0.15) is 0 Å². The smallest absolute Gasteiger partial charge is 0.120 e. The van der Waals surface area contributed by atoms with Crippen molar-refractivity contribution in [3.8, 4) is 5.75 Å². The van der Waals surface area contributed by atoms with Gasteiger partial charge in [-0.25, -0.2) is 0 Å². The Morgan fingerprint density at radius 2 is 2.17 bits per heavy atom. The first kappa shape index (κ1) is 9.55. The Kier molecular flexibility index (Phi) is 3.12. The molecule has 2 nitrogen and oxygen atoms in total. The van der Waals surface area contributed by atoms with Crippen LogP contribution in [0.4, 0.5) is 0 Å². The van der Waals surface area contributed by atoms with Crippen LogP contribution in [0.2, 0.25) is 0 Å². The van der Waals surface area contributed by atoms with E-state index in [2.05, 4.69) is 15.9 Å². The van der Waals surface area contributed by atoms with Gasteiger partial charge in [0.05, 0.1) is 13.7 Å². The molecule has 12 heavy (non-hydrogen) atoms. The third-order valence-electron chi connectivity index (χ3n) is 1.83. The summed E-state index contributed by atoms with van der Waals surface area (Å²) in [4.78, 5) is 0. The van der Waals surface area contributed by atoms with Crippen LogP contribution in [0.5, 0.6) is 5.75 Å². The van der Waals surface area contributed by atoms with E-state index < -0.39 is 0 Å². The summed E-state index contributed by atoms with van der Waals surface area (Å²) < 4.78 is 6.02. The van der Waals surface area contributed by atoms with Gasteiger partial charge in [0.25, 0.3) is 0 Å². The van der Waals surface area contributed by atoms with Crippen LogP contribution in [0, 0.1) is 6.92 Å². The first-order chi connectivity index (χ1) is 5.69. The van der Waals surface area contributed by atoms with Gasteiger partial charge in [0.2, 0.25) is 0 Å². The van der Waals surface area contributed by atoms with E-state index in [4.69, 9.17) is 9.84 Å². The van der Waals surface area contributed by atoms with Gasteiger partial charge in [-0.05, 0) is 30.2 Å². The molecule has 0 radical (unpaired) electrons. The fraction of sp³-hybridized carbons (Fsp3) is 0.333. The average molecular weight is 231 g/mol. The molecule has 0 bridgehead atoms. The largest absolute Gasteiger partial charge is 0.497 e. The molecule has 66 valence electrons. The Hall–Kier alpha value is -0.540. The third kappa shape index (κ3) is 1.79. The van der Waals surface area contributed by atoms with Crippen molar-refractivity contribution in [1.82, 2.24) is 0 Å². The van der Waals surface area contributed by atoms with Gasteiger partial charge in [0, 0.05) is 4.47 Å². The summed E-state index contributed by atoms with van der Waals surface area (Å²) in [5, 5.41) is 8.99. The summed E-state index contributed by atoms with van der Waals surface area (Å²) in [6, 6.07) is 3.72. The second-order valence-electron chi connectivity index (χ2n) is 2.55. The molecule has 0 fully saturated rings.